The minimum absolute atomic E-state index is 0.279. The lowest BCUT2D eigenvalue weighted by atomic mass is 10.0. The molecule has 0 atom stereocenters. The molecule has 26 heavy (non-hydrogen) atoms. The van der Waals surface area contributed by atoms with Crippen molar-refractivity contribution in [1.82, 2.24) is 4.90 Å². The Bertz CT molecular complexity index is 1110. The van der Waals surface area contributed by atoms with Crippen molar-refractivity contribution in [1.29, 1.82) is 0 Å². The van der Waals surface area contributed by atoms with Crippen molar-refractivity contribution < 1.29 is 14.4 Å². The molecule has 1 heterocycles. The fraction of sp³-hybridized carbons (Fsp3) is 0.0500. The Morgan fingerprint density at radius 2 is 1.62 bits per heavy atom. The molecule has 5 nitrogen and oxygen atoms in total. The Hall–Kier alpha value is -2.99. The zero-order valence-corrected chi connectivity index (χ0v) is 15.3. The summed E-state index contributed by atoms with van der Waals surface area (Å²) >= 11 is 3.49. The van der Waals surface area contributed by atoms with E-state index in [0.717, 1.165) is 20.1 Å². The maximum Gasteiger partial charge on any atom is 0.261 e. The van der Waals surface area contributed by atoms with Crippen LogP contribution in [-0.4, -0.2) is 29.7 Å². The monoisotopic (exact) mass is 408 g/mol. The molecule has 0 fully saturated rings. The molecule has 6 heteroatoms. The van der Waals surface area contributed by atoms with Gasteiger partial charge in [-0.2, -0.15) is 0 Å². The Morgan fingerprint density at radius 3 is 2.42 bits per heavy atom. The smallest absolute Gasteiger partial charge is 0.261 e. The molecule has 0 saturated heterocycles. The molecule has 1 aliphatic heterocycles. The Balaban J connectivity index is 1.70. The average Bonchev–Trinajstić information content (AvgIpc) is 2.86. The lowest BCUT2D eigenvalue weighted by Gasteiger charge is -2.09. The van der Waals surface area contributed by atoms with Gasteiger partial charge in [0.25, 0.3) is 17.7 Å². The Kier molecular flexibility index (Phi) is 3.85. The van der Waals surface area contributed by atoms with Gasteiger partial charge in [-0.05, 0) is 41.1 Å². The van der Waals surface area contributed by atoms with Crippen LogP contribution in [0, 0.1) is 0 Å². The van der Waals surface area contributed by atoms with Gasteiger partial charge in [-0.25, -0.2) is 0 Å². The zero-order chi connectivity index (χ0) is 18.4. The summed E-state index contributed by atoms with van der Waals surface area (Å²) in [5, 5.41) is 4.58. The lowest BCUT2D eigenvalue weighted by molar-refractivity contribution is 0.0692. The largest absolute Gasteiger partial charge is 0.322 e. The fourth-order valence-electron chi connectivity index (χ4n) is 3.11. The second kappa shape index (κ2) is 6.07. The molecule has 0 aliphatic carbocycles. The van der Waals surface area contributed by atoms with Gasteiger partial charge in [0.1, 0.15) is 0 Å². The SMILES string of the molecule is CN1C(=O)c2ccc(NC(=O)c3cccc4c(Br)cccc34)cc2C1=O. The number of fused-ring (bicyclic) bond motifs is 2. The Morgan fingerprint density at radius 1 is 0.923 bits per heavy atom. The van der Waals surface area contributed by atoms with Gasteiger partial charge in [-0.1, -0.05) is 40.2 Å². The molecule has 0 aromatic heterocycles. The van der Waals surface area contributed by atoms with E-state index in [0.29, 0.717) is 22.4 Å². The first-order chi connectivity index (χ1) is 12.5. The van der Waals surface area contributed by atoms with Gasteiger partial charge >= 0.3 is 0 Å². The van der Waals surface area contributed by atoms with Gasteiger partial charge in [-0.15, -0.1) is 0 Å². The number of imide groups is 1. The van der Waals surface area contributed by atoms with Gasteiger partial charge in [-0.3, -0.25) is 19.3 Å². The first kappa shape index (κ1) is 16.5. The summed E-state index contributed by atoms with van der Waals surface area (Å²) < 4.78 is 0.911. The highest BCUT2D eigenvalue weighted by atomic mass is 79.9. The predicted molar refractivity (Wildman–Crippen MR) is 102 cm³/mol. The van der Waals surface area contributed by atoms with Crippen LogP contribution in [0.5, 0.6) is 0 Å². The molecule has 0 unspecified atom stereocenters. The lowest BCUT2D eigenvalue weighted by Crippen LogP contribution is -2.24. The molecule has 4 rings (SSSR count). The number of amides is 3. The number of rotatable bonds is 2. The van der Waals surface area contributed by atoms with Crippen LogP contribution in [0.2, 0.25) is 0 Å². The molecule has 128 valence electrons. The molecular weight excluding hydrogens is 396 g/mol. The van der Waals surface area contributed by atoms with E-state index in [1.807, 2.05) is 30.3 Å². The van der Waals surface area contributed by atoms with Gasteiger partial charge < -0.3 is 5.32 Å². The molecule has 0 radical (unpaired) electrons. The molecule has 0 spiro atoms. The van der Waals surface area contributed by atoms with Gasteiger partial charge in [0.05, 0.1) is 11.1 Å². The van der Waals surface area contributed by atoms with Gasteiger partial charge in [0.2, 0.25) is 0 Å². The van der Waals surface area contributed by atoms with E-state index in [-0.39, 0.29) is 17.7 Å². The second-order valence-corrected chi connectivity index (χ2v) is 6.88. The van der Waals surface area contributed by atoms with Crippen LogP contribution >= 0.6 is 15.9 Å². The number of nitrogens with one attached hydrogen (secondary N) is 1. The molecular formula is C20H13BrN2O3. The summed E-state index contributed by atoms with van der Waals surface area (Å²) in [5.74, 6) is -0.976. The van der Waals surface area contributed by atoms with Gasteiger partial charge in [0, 0.05) is 22.8 Å². The minimum Gasteiger partial charge on any atom is -0.322 e. The molecule has 1 aliphatic rings. The maximum absolute atomic E-state index is 12.8. The zero-order valence-electron chi connectivity index (χ0n) is 13.7. The average molecular weight is 409 g/mol. The standard InChI is InChI=1S/C20H13BrN2O3/c1-23-19(25)15-9-8-11(10-16(15)20(23)26)22-18(24)14-6-2-5-13-12(14)4-3-7-17(13)21/h2-10H,1H3,(H,22,24). The molecule has 0 saturated carbocycles. The van der Waals surface area contributed by atoms with Crippen LogP contribution in [-0.2, 0) is 0 Å². The van der Waals surface area contributed by atoms with Crippen molar-refractivity contribution in [2.75, 3.05) is 12.4 Å². The minimum atomic E-state index is -0.366. The molecule has 3 aromatic rings. The fourth-order valence-corrected chi connectivity index (χ4v) is 3.61. The summed E-state index contributed by atoms with van der Waals surface area (Å²) in [5.41, 5.74) is 1.65. The van der Waals surface area contributed by atoms with Crippen molar-refractivity contribution in [3.63, 3.8) is 0 Å². The molecule has 0 bridgehead atoms. The van der Waals surface area contributed by atoms with Crippen LogP contribution < -0.4 is 5.32 Å². The highest BCUT2D eigenvalue weighted by molar-refractivity contribution is 9.10. The van der Waals surface area contributed by atoms with Crippen molar-refractivity contribution in [2.45, 2.75) is 0 Å². The molecule has 1 N–H and O–H groups in total. The maximum atomic E-state index is 12.8. The van der Waals surface area contributed by atoms with Crippen LogP contribution in [0.3, 0.4) is 0 Å². The highest BCUT2D eigenvalue weighted by Gasteiger charge is 2.32. The first-order valence-corrected chi connectivity index (χ1v) is 8.71. The van der Waals surface area contributed by atoms with E-state index < -0.39 is 0 Å². The topological polar surface area (TPSA) is 66.5 Å². The number of halogens is 1. The van der Waals surface area contributed by atoms with Crippen molar-refractivity contribution in [3.05, 3.63) is 75.8 Å². The van der Waals surface area contributed by atoms with E-state index in [4.69, 9.17) is 0 Å². The van der Waals surface area contributed by atoms with Crippen LogP contribution in [0.1, 0.15) is 31.1 Å². The summed E-state index contributed by atoms with van der Waals surface area (Å²) in [4.78, 5) is 37.9. The van der Waals surface area contributed by atoms with Crippen LogP contribution in [0.25, 0.3) is 10.8 Å². The molecule has 3 aromatic carbocycles. The molecule has 3 amide bonds. The Labute approximate surface area is 157 Å². The van der Waals surface area contributed by atoms with Crippen LogP contribution in [0.4, 0.5) is 5.69 Å². The third-order valence-electron chi connectivity index (χ3n) is 4.46. The third kappa shape index (κ3) is 2.50. The summed E-state index contributed by atoms with van der Waals surface area (Å²) in [6, 6.07) is 15.9. The summed E-state index contributed by atoms with van der Waals surface area (Å²) in [6.07, 6.45) is 0. The van der Waals surface area contributed by atoms with Gasteiger partial charge in [0.15, 0.2) is 0 Å². The van der Waals surface area contributed by atoms with Crippen molar-refractivity contribution >= 4 is 50.1 Å². The normalized spacial score (nSPS) is 13.2. The van der Waals surface area contributed by atoms with E-state index >= 15 is 0 Å². The highest BCUT2D eigenvalue weighted by Crippen LogP contribution is 2.28. The predicted octanol–water partition coefficient (Wildman–Crippen LogP) is 4.08. The third-order valence-corrected chi connectivity index (χ3v) is 5.15. The van der Waals surface area contributed by atoms with Crippen molar-refractivity contribution in [3.8, 4) is 0 Å². The second-order valence-electron chi connectivity index (χ2n) is 6.02. The van der Waals surface area contributed by atoms with E-state index in [1.165, 1.54) is 13.1 Å². The van der Waals surface area contributed by atoms with E-state index in [1.54, 1.807) is 18.2 Å². The van der Waals surface area contributed by atoms with E-state index in [9.17, 15) is 14.4 Å². The number of carbonyl (C=O) groups is 3. The first-order valence-electron chi connectivity index (χ1n) is 7.92. The van der Waals surface area contributed by atoms with E-state index in [2.05, 4.69) is 21.2 Å². The summed E-state index contributed by atoms with van der Waals surface area (Å²) in [7, 11) is 1.44. The number of benzene rings is 3. The quantitative estimate of drug-likeness (QED) is 0.649. The van der Waals surface area contributed by atoms with Crippen molar-refractivity contribution in [2.24, 2.45) is 0 Å². The number of carbonyl (C=O) groups excluding carboxylic acids is 3. The number of hydrogen-bond acceptors (Lipinski definition) is 3. The summed E-state index contributed by atoms with van der Waals surface area (Å²) in [6.45, 7) is 0. The van der Waals surface area contributed by atoms with Crippen LogP contribution in [0.15, 0.2) is 59.1 Å². The number of anilines is 1. The number of hydrogen-bond donors (Lipinski definition) is 1. The number of nitrogens with zero attached hydrogens (tertiary/aromatic N) is 1.